The van der Waals surface area contributed by atoms with Crippen LogP contribution in [0.25, 0.3) is 0 Å². The molecule has 0 saturated heterocycles. The van der Waals surface area contributed by atoms with Gasteiger partial charge in [-0.1, -0.05) is 20.8 Å². The summed E-state index contributed by atoms with van der Waals surface area (Å²) in [6.45, 7) is 7.43. The third-order valence-electron chi connectivity index (χ3n) is 2.88. The molecule has 3 heteroatoms. The van der Waals surface area contributed by atoms with Gasteiger partial charge >= 0.3 is 5.97 Å². The number of ether oxygens (including phenoxy) is 1. The molecule has 0 heterocycles. The van der Waals surface area contributed by atoms with Crippen molar-refractivity contribution in [2.24, 2.45) is 5.41 Å². The molecule has 0 bridgehead atoms. The summed E-state index contributed by atoms with van der Waals surface area (Å²) in [6.07, 6.45) is 4.28. The summed E-state index contributed by atoms with van der Waals surface area (Å²) in [5, 5.41) is 0. The Morgan fingerprint density at radius 1 is 1.47 bits per heavy atom. The third-order valence-corrected chi connectivity index (χ3v) is 2.88. The summed E-state index contributed by atoms with van der Waals surface area (Å²) in [6, 6.07) is 0. The van der Waals surface area contributed by atoms with Crippen LogP contribution < -0.4 is 0 Å². The molecule has 0 saturated carbocycles. The monoisotopic (exact) mass is 210 g/mol. The van der Waals surface area contributed by atoms with Crippen LogP contribution in [0.4, 0.5) is 0 Å². The predicted octanol–water partition coefficient (Wildman–Crippen LogP) is 2.25. The maximum absolute atomic E-state index is 11.1. The Hall–Kier alpha value is -1.12. The first kappa shape index (κ1) is 12.0. The molecule has 1 aliphatic carbocycles. The summed E-state index contributed by atoms with van der Waals surface area (Å²) in [5.74, 6) is -0.203. The van der Waals surface area contributed by atoms with Crippen LogP contribution in [0.5, 0.6) is 0 Å². The smallest absolute Gasteiger partial charge is 0.303 e. The lowest BCUT2D eigenvalue weighted by Crippen LogP contribution is -2.46. The first-order valence-corrected chi connectivity index (χ1v) is 5.18. The van der Waals surface area contributed by atoms with Crippen LogP contribution in [0.15, 0.2) is 12.2 Å². The van der Waals surface area contributed by atoms with Crippen molar-refractivity contribution in [3.05, 3.63) is 12.2 Å². The van der Waals surface area contributed by atoms with Crippen LogP contribution in [0.1, 0.15) is 40.5 Å². The van der Waals surface area contributed by atoms with Crippen molar-refractivity contribution >= 4 is 11.8 Å². The molecule has 0 radical (unpaired) electrons. The van der Waals surface area contributed by atoms with E-state index < -0.39 is 5.60 Å². The molecule has 84 valence electrons. The molecule has 0 aromatic heterocycles. The van der Waals surface area contributed by atoms with E-state index in [1.165, 1.54) is 13.0 Å². The van der Waals surface area contributed by atoms with Crippen molar-refractivity contribution in [3.63, 3.8) is 0 Å². The zero-order valence-electron chi connectivity index (χ0n) is 9.79. The van der Waals surface area contributed by atoms with Crippen molar-refractivity contribution in [2.75, 3.05) is 0 Å². The quantitative estimate of drug-likeness (QED) is 0.623. The Balaban J connectivity index is 3.03. The van der Waals surface area contributed by atoms with Gasteiger partial charge in [-0.25, -0.2) is 0 Å². The molecule has 1 aliphatic rings. The molecule has 0 aliphatic heterocycles. The number of allylic oxidation sites excluding steroid dienone is 1. The van der Waals surface area contributed by atoms with E-state index in [-0.39, 0.29) is 17.2 Å². The minimum absolute atomic E-state index is 0.0991. The first-order chi connectivity index (χ1) is 6.77. The second-order valence-electron chi connectivity index (χ2n) is 5.03. The second-order valence-corrected chi connectivity index (χ2v) is 5.03. The summed E-state index contributed by atoms with van der Waals surface area (Å²) in [4.78, 5) is 22.2. The van der Waals surface area contributed by atoms with E-state index >= 15 is 0 Å². The van der Waals surface area contributed by atoms with Crippen molar-refractivity contribution < 1.29 is 14.3 Å². The Kier molecular flexibility index (Phi) is 3.03. The van der Waals surface area contributed by atoms with E-state index in [4.69, 9.17) is 4.74 Å². The van der Waals surface area contributed by atoms with E-state index in [0.29, 0.717) is 12.8 Å². The number of ketones is 1. The fraction of sp³-hybridized carbons (Fsp3) is 0.667. The van der Waals surface area contributed by atoms with Crippen LogP contribution in [0.2, 0.25) is 0 Å². The molecule has 3 nitrogen and oxygen atoms in total. The number of carbonyl (C=O) groups is 2. The third kappa shape index (κ3) is 2.46. The average molecular weight is 210 g/mol. The minimum atomic E-state index is -0.632. The Bertz CT molecular complexity index is 309. The van der Waals surface area contributed by atoms with Gasteiger partial charge in [0.1, 0.15) is 5.60 Å². The Labute approximate surface area is 90.5 Å². The summed E-state index contributed by atoms with van der Waals surface area (Å²) >= 11 is 0. The van der Waals surface area contributed by atoms with E-state index in [1.54, 1.807) is 6.08 Å². The lowest BCUT2D eigenvalue weighted by atomic mass is 9.71. The summed E-state index contributed by atoms with van der Waals surface area (Å²) in [7, 11) is 0. The predicted molar refractivity (Wildman–Crippen MR) is 57.3 cm³/mol. The van der Waals surface area contributed by atoms with Crippen LogP contribution in [0, 0.1) is 5.41 Å². The molecule has 0 spiro atoms. The number of hydrogen-bond donors (Lipinski definition) is 0. The van der Waals surface area contributed by atoms with Crippen molar-refractivity contribution in [1.29, 1.82) is 0 Å². The highest BCUT2D eigenvalue weighted by atomic mass is 16.6. The number of hydrogen-bond acceptors (Lipinski definition) is 3. The molecule has 1 rings (SSSR count). The van der Waals surface area contributed by atoms with Crippen molar-refractivity contribution in [2.45, 2.75) is 46.1 Å². The second kappa shape index (κ2) is 3.80. The van der Waals surface area contributed by atoms with Crippen LogP contribution in [-0.2, 0) is 14.3 Å². The van der Waals surface area contributed by atoms with Crippen LogP contribution in [0.3, 0.4) is 0 Å². The molecule has 0 fully saturated rings. The molecule has 0 N–H and O–H groups in total. The highest BCUT2D eigenvalue weighted by Crippen LogP contribution is 2.41. The molecular weight excluding hydrogens is 192 g/mol. The van der Waals surface area contributed by atoms with Gasteiger partial charge < -0.3 is 4.74 Å². The molecule has 15 heavy (non-hydrogen) atoms. The van der Waals surface area contributed by atoms with E-state index in [1.807, 2.05) is 20.8 Å². The van der Waals surface area contributed by atoms with Crippen LogP contribution in [-0.4, -0.2) is 17.4 Å². The lowest BCUT2D eigenvalue weighted by Gasteiger charge is -2.43. The van der Waals surface area contributed by atoms with Gasteiger partial charge in [0.05, 0.1) is 0 Å². The number of carbonyl (C=O) groups excluding carboxylic acids is 2. The zero-order chi connectivity index (χ0) is 11.7. The average Bonchev–Trinajstić information content (AvgIpc) is 2.06. The summed E-state index contributed by atoms with van der Waals surface area (Å²) < 4.78 is 5.41. The highest BCUT2D eigenvalue weighted by molar-refractivity contribution is 5.91. The highest BCUT2D eigenvalue weighted by Gasteiger charge is 2.44. The fourth-order valence-corrected chi connectivity index (χ4v) is 1.82. The molecule has 1 atom stereocenters. The molecule has 0 amide bonds. The topological polar surface area (TPSA) is 43.4 Å². The molecule has 0 aromatic carbocycles. The maximum Gasteiger partial charge on any atom is 0.303 e. The normalized spacial score (nSPS) is 26.5. The van der Waals surface area contributed by atoms with Gasteiger partial charge in [0, 0.05) is 18.8 Å². The summed E-state index contributed by atoms with van der Waals surface area (Å²) in [5.41, 5.74) is -0.831. The largest absolute Gasteiger partial charge is 0.454 e. The van der Waals surface area contributed by atoms with E-state index in [0.717, 1.165) is 0 Å². The van der Waals surface area contributed by atoms with Gasteiger partial charge in [-0.3, -0.25) is 9.59 Å². The maximum atomic E-state index is 11.1. The van der Waals surface area contributed by atoms with Crippen molar-refractivity contribution in [3.8, 4) is 0 Å². The van der Waals surface area contributed by atoms with Crippen LogP contribution >= 0.6 is 0 Å². The van der Waals surface area contributed by atoms with Gasteiger partial charge in [0.2, 0.25) is 0 Å². The number of esters is 1. The SMILES string of the molecule is CC(=O)OC1(C(C)(C)C)C=CC(=O)CC1. The van der Waals surface area contributed by atoms with E-state index in [2.05, 4.69) is 0 Å². The standard InChI is InChI=1S/C12H18O3/c1-9(13)15-12(11(2,3)4)7-5-10(14)6-8-12/h5,7H,6,8H2,1-4H3. The van der Waals surface area contributed by atoms with Crippen molar-refractivity contribution in [1.82, 2.24) is 0 Å². The first-order valence-electron chi connectivity index (χ1n) is 5.18. The van der Waals surface area contributed by atoms with Gasteiger partial charge in [-0.15, -0.1) is 0 Å². The lowest BCUT2D eigenvalue weighted by molar-refractivity contribution is -0.164. The zero-order valence-corrected chi connectivity index (χ0v) is 9.79. The Morgan fingerprint density at radius 2 is 2.07 bits per heavy atom. The van der Waals surface area contributed by atoms with Gasteiger partial charge in [0.25, 0.3) is 0 Å². The van der Waals surface area contributed by atoms with Gasteiger partial charge in [-0.05, 0) is 18.6 Å². The Morgan fingerprint density at radius 3 is 2.40 bits per heavy atom. The van der Waals surface area contributed by atoms with Gasteiger partial charge in [-0.2, -0.15) is 0 Å². The molecule has 1 unspecified atom stereocenters. The van der Waals surface area contributed by atoms with Gasteiger partial charge in [0.15, 0.2) is 5.78 Å². The minimum Gasteiger partial charge on any atom is -0.454 e. The molecule has 0 aromatic rings. The van der Waals surface area contributed by atoms with E-state index in [9.17, 15) is 9.59 Å². The molecular formula is C12H18O3. The fourth-order valence-electron chi connectivity index (χ4n) is 1.82. The number of rotatable bonds is 1.